The highest BCUT2D eigenvalue weighted by molar-refractivity contribution is 5.99. The Balaban J connectivity index is 2.20. The van der Waals surface area contributed by atoms with Gasteiger partial charge >= 0.3 is 5.97 Å². The molecule has 138 valence electrons. The molecule has 0 spiro atoms. The standard InChI is InChI=1S/C22H18N4O2/c1-14-20(17-8-6-16(11-23)7-9-17)21(22(27)28-3)15(2)26(14)13-18-5-4-10-25-19(18)12-24/h4-10H,13H2,1-3H3. The number of methoxy groups -OCH3 is 1. The second-order valence-electron chi connectivity index (χ2n) is 6.31. The van der Waals surface area contributed by atoms with Crippen molar-refractivity contribution in [3.05, 3.63) is 76.4 Å². The van der Waals surface area contributed by atoms with Gasteiger partial charge in [-0.2, -0.15) is 10.5 Å². The molecular formula is C22H18N4O2. The number of nitriles is 2. The number of carbonyl (C=O) groups excluding carboxylic acids is 1. The van der Waals surface area contributed by atoms with E-state index < -0.39 is 5.97 Å². The molecule has 0 aliphatic carbocycles. The van der Waals surface area contributed by atoms with Crippen LogP contribution in [0.25, 0.3) is 11.1 Å². The molecule has 0 aliphatic rings. The van der Waals surface area contributed by atoms with Crippen LogP contribution < -0.4 is 0 Å². The predicted molar refractivity (Wildman–Crippen MR) is 103 cm³/mol. The highest BCUT2D eigenvalue weighted by Crippen LogP contribution is 2.33. The Bertz CT molecular complexity index is 1130. The van der Waals surface area contributed by atoms with Crippen molar-refractivity contribution in [3.63, 3.8) is 0 Å². The molecule has 6 nitrogen and oxygen atoms in total. The Morgan fingerprint density at radius 3 is 2.43 bits per heavy atom. The molecule has 3 rings (SSSR count). The number of benzene rings is 1. The van der Waals surface area contributed by atoms with E-state index in [9.17, 15) is 10.1 Å². The first-order valence-electron chi connectivity index (χ1n) is 8.64. The third-order valence-electron chi connectivity index (χ3n) is 4.80. The molecule has 2 aromatic heterocycles. The smallest absolute Gasteiger partial charge is 0.340 e. The number of nitrogens with zero attached hydrogens (tertiary/aromatic N) is 4. The van der Waals surface area contributed by atoms with Crippen molar-refractivity contribution in [3.8, 4) is 23.3 Å². The average molecular weight is 370 g/mol. The van der Waals surface area contributed by atoms with Crippen molar-refractivity contribution in [2.24, 2.45) is 0 Å². The topological polar surface area (TPSA) is 91.7 Å². The Labute approximate surface area is 163 Å². The van der Waals surface area contributed by atoms with Crippen LogP contribution >= 0.6 is 0 Å². The van der Waals surface area contributed by atoms with Crippen LogP contribution in [0.5, 0.6) is 0 Å². The number of pyridine rings is 1. The Morgan fingerprint density at radius 2 is 1.82 bits per heavy atom. The monoisotopic (exact) mass is 370 g/mol. The zero-order valence-corrected chi connectivity index (χ0v) is 15.9. The molecule has 0 unspecified atom stereocenters. The largest absolute Gasteiger partial charge is 0.465 e. The van der Waals surface area contributed by atoms with Crippen molar-refractivity contribution < 1.29 is 9.53 Å². The molecule has 2 heterocycles. The summed E-state index contributed by atoms with van der Waals surface area (Å²) >= 11 is 0. The van der Waals surface area contributed by atoms with E-state index in [1.165, 1.54) is 7.11 Å². The molecular weight excluding hydrogens is 352 g/mol. The third-order valence-corrected chi connectivity index (χ3v) is 4.80. The summed E-state index contributed by atoms with van der Waals surface area (Å²) in [6.07, 6.45) is 1.58. The van der Waals surface area contributed by atoms with Crippen molar-refractivity contribution >= 4 is 5.97 Å². The number of aromatic nitrogens is 2. The van der Waals surface area contributed by atoms with Gasteiger partial charge in [-0.25, -0.2) is 9.78 Å². The zero-order valence-electron chi connectivity index (χ0n) is 15.9. The van der Waals surface area contributed by atoms with Crippen molar-refractivity contribution in [1.82, 2.24) is 9.55 Å². The Hall–Kier alpha value is -3.90. The molecule has 0 saturated carbocycles. The number of hydrogen-bond donors (Lipinski definition) is 0. The van der Waals surface area contributed by atoms with Crippen LogP contribution in [0, 0.1) is 36.5 Å². The van der Waals surface area contributed by atoms with E-state index in [0.717, 1.165) is 28.1 Å². The minimum atomic E-state index is -0.426. The maximum Gasteiger partial charge on any atom is 0.340 e. The minimum Gasteiger partial charge on any atom is -0.465 e. The number of carbonyl (C=O) groups is 1. The van der Waals surface area contributed by atoms with Crippen molar-refractivity contribution in [2.45, 2.75) is 20.4 Å². The molecule has 0 bridgehead atoms. The molecule has 6 heteroatoms. The van der Waals surface area contributed by atoms with Crippen molar-refractivity contribution in [1.29, 1.82) is 10.5 Å². The first-order valence-corrected chi connectivity index (χ1v) is 8.64. The number of rotatable bonds is 4. The van der Waals surface area contributed by atoms with Gasteiger partial charge in [0.2, 0.25) is 0 Å². The van der Waals surface area contributed by atoms with Gasteiger partial charge in [-0.05, 0) is 37.6 Å². The van der Waals surface area contributed by atoms with Gasteiger partial charge in [-0.15, -0.1) is 0 Å². The lowest BCUT2D eigenvalue weighted by atomic mass is 9.99. The summed E-state index contributed by atoms with van der Waals surface area (Å²) in [5, 5.41) is 18.4. The normalized spacial score (nSPS) is 10.2. The third kappa shape index (κ3) is 3.24. The fourth-order valence-corrected chi connectivity index (χ4v) is 3.37. The highest BCUT2D eigenvalue weighted by Gasteiger charge is 2.25. The lowest BCUT2D eigenvalue weighted by Gasteiger charge is -2.11. The zero-order chi connectivity index (χ0) is 20.3. The SMILES string of the molecule is COC(=O)c1c(-c2ccc(C#N)cc2)c(C)n(Cc2cccnc2C#N)c1C. The summed E-state index contributed by atoms with van der Waals surface area (Å²) in [6, 6.07) is 14.9. The van der Waals surface area contributed by atoms with E-state index >= 15 is 0 Å². The lowest BCUT2D eigenvalue weighted by Crippen LogP contribution is -2.08. The number of esters is 1. The highest BCUT2D eigenvalue weighted by atomic mass is 16.5. The molecule has 0 aliphatic heterocycles. The van der Waals surface area contributed by atoms with Gasteiger partial charge in [-0.1, -0.05) is 18.2 Å². The predicted octanol–water partition coefficient (Wildman–Crippen LogP) is 3.75. The Morgan fingerprint density at radius 1 is 1.11 bits per heavy atom. The fourth-order valence-electron chi connectivity index (χ4n) is 3.37. The minimum absolute atomic E-state index is 0.356. The molecule has 0 atom stereocenters. The molecule has 0 amide bonds. The van der Waals surface area contributed by atoms with E-state index in [0.29, 0.717) is 23.4 Å². The maximum absolute atomic E-state index is 12.5. The average Bonchev–Trinajstić information content (AvgIpc) is 2.98. The number of hydrogen-bond acceptors (Lipinski definition) is 5. The molecule has 28 heavy (non-hydrogen) atoms. The first-order chi connectivity index (χ1) is 13.5. The van der Waals surface area contributed by atoms with Gasteiger partial charge < -0.3 is 9.30 Å². The van der Waals surface area contributed by atoms with Crippen LogP contribution in [0.3, 0.4) is 0 Å². The number of ether oxygens (including phenoxy) is 1. The molecule has 1 aromatic carbocycles. The fraction of sp³-hybridized carbons (Fsp3) is 0.182. The summed E-state index contributed by atoms with van der Waals surface area (Å²) in [6.45, 7) is 4.19. The van der Waals surface area contributed by atoms with E-state index in [-0.39, 0.29) is 0 Å². The van der Waals surface area contributed by atoms with Gasteiger partial charge in [0, 0.05) is 28.7 Å². The van der Waals surface area contributed by atoms with E-state index in [4.69, 9.17) is 10.00 Å². The van der Waals surface area contributed by atoms with Gasteiger partial charge in [0.25, 0.3) is 0 Å². The quantitative estimate of drug-likeness (QED) is 0.652. The van der Waals surface area contributed by atoms with Gasteiger partial charge in [-0.3, -0.25) is 0 Å². The summed E-state index contributed by atoms with van der Waals surface area (Å²) in [5.41, 5.74) is 5.36. The summed E-state index contributed by atoms with van der Waals surface area (Å²) in [5.74, 6) is -0.426. The van der Waals surface area contributed by atoms with E-state index in [1.54, 1.807) is 24.4 Å². The van der Waals surface area contributed by atoms with Gasteiger partial charge in [0.15, 0.2) is 0 Å². The van der Waals surface area contributed by atoms with Crippen molar-refractivity contribution in [2.75, 3.05) is 7.11 Å². The first kappa shape index (κ1) is 18.9. The van der Waals surface area contributed by atoms with Crippen LogP contribution in [-0.2, 0) is 11.3 Å². The molecule has 0 N–H and O–H groups in total. The molecule has 0 fully saturated rings. The summed E-state index contributed by atoms with van der Waals surface area (Å²) in [4.78, 5) is 16.7. The Kier molecular flexibility index (Phi) is 5.24. The van der Waals surface area contributed by atoms with E-state index in [2.05, 4.69) is 17.1 Å². The van der Waals surface area contributed by atoms with Gasteiger partial charge in [0.1, 0.15) is 11.8 Å². The van der Waals surface area contributed by atoms with Crippen LogP contribution in [0.4, 0.5) is 0 Å². The van der Waals surface area contributed by atoms with Crippen LogP contribution in [-0.4, -0.2) is 22.6 Å². The van der Waals surface area contributed by atoms with E-state index in [1.807, 2.05) is 36.6 Å². The maximum atomic E-state index is 12.5. The van der Waals surface area contributed by atoms with Gasteiger partial charge in [0.05, 0.1) is 30.9 Å². The summed E-state index contributed by atoms with van der Waals surface area (Å²) < 4.78 is 7.00. The second-order valence-corrected chi connectivity index (χ2v) is 6.31. The molecule has 0 radical (unpaired) electrons. The molecule has 3 aromatic rings. The summed E-state index contributed by atoms with van der Waals surface area (Å²) in [7, 11) is 1.35. The van der Waals surface area contributed by atoms with Crippen LogP contribution in [0.15, 0.2) is 42.6 Å². The second kappa shape index (κ2) is 7.77. The lowest BCUT2D eigenvalue weighted by molar-refractivity contribution is 0.0600. The molecule has 0 saturated heterocycles. The van der Waals surface area contributed by atoms with Crippen LogP contribution in [0.2, 0.25) is 0 Å². The van der Waals surface area contributed by atoms with Crippen LogP contribution in [0.1, 0.15) is 38.6 Å².